The molecule has 0 spiro atoms. The van der Waals surface area contributed by atoms with E-state index in [1.165, 1.54) is 16.5 Å². The number of methoxy groups -OCH3 is 1. The van der Waals surface area contributed by atoms with E-state index in [9.17, 15) is 0 Å². The summed E-state index contributed by atoms with van der Waals surface area (Å²) in [7, 11) is 1.75. The van der Waals surface area contributed by atoms with E-state index in [0.717, 1.165) is 26.1 Å². The van der Waals surface area contributed by atoms with Crippen LogP contribution < -0.4 is 5.32 Å². The van der Waals surface area contributed by atoms with Crippen LogP contribution >= 0.6 is 12.4 Å². The Hall–Kier alpha value is -1.03. The van der Waals surface area contributed by atoms with Crippen molar-refractivity contribution in [3.8, 4) is 0 Å². The first-order valence-electron chi connectivity index (χ1n) is 7.02. The molecule has 1 N–H and O–H groups in total. The van der Waals surface area contributed by atoms with Crippen LogP contribution in [-0.2, 0) is 11.3 Å². The molecule has 0 saturated carbocycles. The van der Waals surface area contributed by atoms with Crippen molar-refractivity contribution in [3.05, 3.63) is 36.0 Å². The Morgan fingerprint density at radius 2 is 2.00 bits per heavy atom. The first-order valence-corrected chi connectivity index (χ1v) is 7.02. The lowest BCUT2D eigenvalue weighted by Crippen LogP contribution is -2.15. The lowest BCUT2D eigenvalue weighted by atomic mass is 10.2. The number of ether oxygens (including phenoxy) is 1. The second-order valence-corrected chi connectivity index (χ2v) is 5.20. The van der Waals surface area contributed by atoms with Crippen molar-refractivity contribution in [2.24, 2.45) is 0 Å². The van der Waals surface area contributed by atoms with Gasteiger partial charge in [-0.2, -0.15) is 0 Å². The summed E-state index contributed by atoms with van der Waals surface area (Å²) < 4.78 is 7.40. The molecule has 0 saturated heterocycles. The highest BCUT2D eigenvalue weighted by Gasteiger charge is 2.09. The van der Waals surface area contributed by atoms with Crippen molar-refractivity contribution in [1.29, 1.82) is 0 Å². The van der Waals surface area contributed by atoms with E-state index in [0.29, 0.717) is 6.04 Å². The monoisotopic (exact) mass is 296 g/mol. The summed E-state index contributed by atoms with van der Waals surface area (Å²) >= 11 is 0. The smallest absolute Gasteiger partial charge is 0.0486 e. The normalized spacial score (nSPS) is 11.0. The number of para-hydroxylation sites is 1. The van der Waals surface area contributed by atoms with Gasteiger partial charge in [0.15, 0.2) is 0 Å². The number of aromatic nitrogens is 1. The third-order valence-corrected chi connectivity index (χ3v) is 3.40. The lowest BCUT2D eigenvalue weighted by Gasteiger charge is -2.08. The number of fused-ring (bicyclic) bond motifs is 1. The number of nitrogens with zero attached hydrogens (tertiary/aromatic N) is 1. The second-order valence-electron chi connectivity index (χ2n) is 5.20. The minimum Gasteiger partial charge on any atom is -0.385 e. The van der Waals surface area contributed by atoms with Gasteiger partial charge in [0.05, 0.1) is 0 Å². The minimum absolute atomic E-state index is 0. The molecule has 0 unspecified atom stereocenters. The van der Waals surface area contributed by atoms with E-state index in [1.54, 1.807) is 7.11 Å². The summed E-state index contributed by atoms with van der Waals surface area (Å²) in [5.74, 6) is 0. The Morgan fingerprint density at radius 3 is 2.70 bits per heavy atom. The van der Waals surface area contributed by atoms with E-state index in [2.05, 4.69) is 54.2 Å². The van der Waals surface area contributed by atoms with Gasteiger partial charge in [0.2, 0.25) is 0 Å². The summed E-state index contributed by atoms with van der Waals surface area (Å²) in [5.41, 5.74) is 2.70. The molecule has 4 heteroatoms. The predicted molar refractivity (Wildman–Crippen MR) is 87.8 cm³/mol. The Kier molecular flexibility index (Phi) is 7.06. The molecule has 2 rings (SSSR count). The zero-order valence-corrected chi connectivity index (χ0v) is 13.4. The van der Waals surface area contributed by atoms with Gasteiger partial charge in [-0.15, -0.1) is 12.4 Å². The van der Waals surface area contributed by atoms with Crippen LogP contribution in [0.2, 0.25) is 0 Å². The van der Waals surface area contributed by atoms with Gasteiger partial charge in [0.25, 0.3) is 0 Å². The van der Waals surface area contributed by atoms with Gasteiger partial charge >= 0.3 is 0 Å². The Morgan fingerprint density at radius 1 is 1.25 bits per heavy atom. The Balaban J connectivity index is 0.00000200. The molecule has 1 aromatic carbocycles. The molecule has 0 amide bonds. The molecular formula is C16H25ClN2O. The molecule has 0 atom stereocenters. The van der Waals surface area contributed by atoms with Gasteiger partial charge < -0.3 is 14.6 Å². The average molecular weight is 297 g/mol. The molecule has 0 fully saturated rings. The summed E-state index contributed by atoms with van der Waals surface area (Å²) in [6, 6.07) is 9.12. The average Bonchev–Trinajstić information content (AvgIpc) is 2.78. The quantitative estimate of drug-likeness (QED) is 0.787. The molecule has 1 aromatic heterocycles. The summed E-state index contributed by atoms with van der Waals surface area (Å²) in [6.45, 7) is 7.18. The van der Waals surface area contributed by atoms with E-state index < -0.39 is 0 Å². The molecule has 0 aliphatic heterocycles. The van der Waals surface area contributed by atoms with Crippen LogP contribution in [0.3, 0.4) is 0 Å². The molecule has 1 heterocycles. The van der Waals surface area contributed by atoms with Crippen molar-refractivity contribution < 1.29 is 4.74 Å². The third kappa shape index (κ3) is 3.98. The van der Waals surface area contributed by atoms with Gasteiger partial charge in [0, 0.05) is 43.4 Å². The Labute approximate surface area is 127 Å². The topological polar surface area (TPSA) is 26.2 Å². The molecule has 0 bridgehead atoms. The predicted octanol–water partition coefficient (Wildman–Crippen LogP) is 3.77. The van der Waals surface area contributed by atoms with Gasteiger partial charge in [-0.05, 0) is 38.4 Å². The lowest BCUT2D eigenvalue weighted by molar-refractivity contribution is 0.194. The fraction of sp³-hybridized carbons (Fsp3) is 0.500. The number of benzene rings is 1. The molecule has 0 radical (unpaired) electrons. The minimum atomic E-state index is 0. The fourth-order valence-electron chi connectivity index (χ4n) is 2.41. The van der Waals surface area contributed by atoms with Crippen LogP contribution in [-0.4, -0.2) is 24.8 Å². The molecule has 112 valence electrons. The SMILES string of the molecule is COCCCNCc1cn(C(C)C)c2ccccc12.Cl. The van der Waals surface area contributed by atoms with E-state index in [-0.39, 0.29) is 12.4 Å². The maximum Gasteiger partial charge on any atom is 0.0486 e. The molecule has 3 nitrogen and oxygen atoms in total. The number of hydrogen-bond acceptors (Lipinski definition) is 2. The molecule has 0 aliphatic carbocycles. The van der Waals surface area contributed by atoms with Crippen molar-refractivity contribution >= 4 is 23.3 Å². The molecule has 0 aliphatic rings. The van der Waals surface area contributed by atoms with Crippen LogP contribution in [0, 0.1) is 0 Å². The standard InChI is InChI=1S/C16H24N2O.ClH/c1-13(2)18-12-14(11-17-9-6-10-19-3)15-7-4-5-8-16(15)18;/h4-5,7-8,12-13,17H,6,9-11H2,1-3H3;1H. The maximum atomic E-state index is 5.06. The zero-order valence-electron chi connectivity index (χ0n) is 12.6. The second kappa shape index (κ2) is 8.30. The third-order valence-electron chi connectivity index (χ3n) is 3.40. The van der Waals surface area contributed by atoms with E-state index in [1.807, 2.05) is 0 Å². The fourth-order valence-corrected chi connectivity index (χ4v) is 2.41. The van der Waals surface area contributed by atoms with Gasteiger partial charge in [-0.3, -0.25) is 0 Å². The maximum absolute atomic E-state index is 5.06. The van der Waals surface area contributed by atoms with Crippen LogP contribution in [0.4, 0.5) is 0 Å². The van der Waals surface area contributed by atoms with Crippen LogP contribution in [0.1, 0.15) is 31.9 Å². The van der Waals surface area contributed by atoms with Crippen molar-refractivity contribution in [3.63, 3.8) is 0 Å². The number of hydrogen-bond donors (Lipinski definition) is 1. The first kappa shape index (κ1) is 17.0. The molecule has 2 aromatic rings. The van der Waals surface area contributed by atoms with Gasteiger partial charge in [-0.1, -0.05) is 18.2 Å². The van der Waals surface area contributed by atoms with E-state index >= 15 is 0 Å². The van der Waals surface area contributed by atoms with Crippen molar-refractivity contribution in [2.75, 3.05) is 20.3 Å². The number of nitrogens with one attached hydrogen (secondary N) is 1. The van der Waals surface area contributed by atoms with Crippen LogP contribution in [0.15, 0.2) is 30.5 Å². The van der Waals surface area contributed by atoms with Gasteiger partial charge in [0.1, 0.15) is 0 Å². The summed E-state index contributed by atoms with van der Waals surface area (Å²) in [4.78, 5) is 0. The van der Waals surface area contributed by atoms with Crippen molar-refractivity contribution in [1.82, 2.24) is 9.88 Å². The summed E-state index contributed by atoms with van der Waals surface area (Å²) in [5, 5.41) is 4.84. The van der Waals surface area contributed by atoms with Crippen LogP contribution in [0.25, 0.3) is 10.9 Å². The summed E-state index contributed by atoms with van der Waals surface area (Å²) in [6.07, 6.45) is 3.33. The highest BCUT2D eigenvalue weighted by molar-refractivity contribution is 5.85. The number of rotatable bonds is 7. The number of halogens is 1. The van der Waals surface area contributed by atoms with Crippen LogP contribution in [0.5, 0.6) is 0 Å². The van der Waals surface area contributed by atoms with E-state index in [4.69, 9.17) is 4.74 Å². The zero-order chi connectivity index (χ0) is 13.7. The highest BCUT2D eigenvalue weighted by atomic mass is 35.5. The highest BCUT2D eigenvalue weighted by Crippen LogP contribution is 2.24. The van der Waals surface area contributed by atoms with Crippen molar-refractivity contribution in [2.45, 2.75) is 32.9 Å². The molecule has 20 heavy (non-hydrogen) atoms. The Bertz CT molecular complexity index is 522. The van der Waals surface area contributed by atoms with Gasteiger partial charge in [-0.25, -0.2) is 0 Å². The largest absolute Gasteiger partial charge is 0.385 e. The first-order chi connectivity index (χ1) is 9.24. The molecular weight excluding hydrogens is 272 g/mol.